The van der Waals surface area contributed by atoms with Crippen molar-refractivity contribution < 1.29 is 43.7 Å². The topological polar surface area (TPSA) is 55.4 Å². The van der Waals surface area contributed by atoms with Crippen LogP contribution < -0.4 is 5.73 Å². The van der Waals surface area contributed by atoms with Gasteiger partial charge in [0.2, 0.25) is 5.84 Å². The van der Waals surface area contributed by atoms with Crippen LogP contribution in [0.2, 0.25) is 0 Å². The SMILES string of the molecule is NC(=Nc1ccc(C(F)(F)F)c(S(=O)CC(F)(F)F)c1)C(F)(F)F. The number of nitrogens with two attached hydrogens (primary N) is 1. The first-order valence-corrected chi connectivity index (χ1v) is 7.01. The second-order valence-electron chi connectivity index (χ2n) is 4.28. The Hall–Kier alpha value is -1.79. The molecule has 0 aliphatic heterocycles. The number of rotatable bonds is 3. The molecule has 0 aliphatic carbocycles. The molecule has 0 saturated carbocycles. The van der Waals surface area contributed by atoms with Gasteiger partial charge in [0, 0.05) is 0 Å². The van der Waals surface area contributed by atoms with E-state index < -0.39 is 57.1 Å². The number of benzene rings is 1. The normalized spacial score (nSPS) is 15.5. The summed E-state index contributed by atoms with van der Waals surface area (Å²) < 4.78 is 123. The lowest BCUT2D eigenvalue weighted by Gasteiger charge is -2.14. The maximum Gasteiger partial charge on any atom is 0.448 e. The van der Waals surface area contributed by atoms with E-state index in [1.165, 1.54) is 0 Å². The summed E-state index contributed by atoms with van der Waals surface area (Å²) in [7, 11) is -3.19. The first kappa shape index (κ1) is 20.3. The third-order valence-electron chi connectivity index (χ3n) is 2.35. The smallest absolute Gasteiger partial charge is 0.380 e. The summed E-state index contributed by atoms with van der Waals surface area (Å²) in [6.07, 6.45) is -15.3. The van der Waals surface area contributed by atoms with E-state index in [-0.39, 0.29) is 12.1 Å². The highest BCUT2D eigenvalue weighted by atomic mass is 32.2. The molecule has 1 aromatic carbocycles. The molecule has 1 atom stereocenters. The summed E-state index contributed by atoms with van der Waals surface area (Å²) >= 11 is 0. The van der Waals surface area contributed by atoms with E-state index in [9.17, 15) is 43.7 Å². The molecule has 136 valence electrons. The van der Waals surface area contributed by atoms with Gasteiger partial charge in [0.15, 0.2) is 0 Å². The monoisotopic (exact) mass is 386 g/mol. The molecule has 0 saturated heterocycles. The number of nitrogens with zero attached hydrogens (tertiary/aromatic N) is 1. The summed E-state index contributed by atoms with van der Waals surface area (Å²) in [5.41, 5.74) is 2.09. The van der Waals surface area contributed by atoms with Crippen LogP contribution in [0.3, 0.4) is 0 Å². The van der Waals surface area contributed by atoms with Crippen LogP contribution in [0.25, 0.3) is 0 Å². The average molecular weight is 386 g/mol. The predicted molar refractivity (Wildman–Crippen MR) is 66.1 cm³/mol. The lowest BCUT2D eigenvalue weighted by Crippen LogP contribution is -2.30. The van der Waals surface area contributed by atoms with Gasteiger partial charge in [-0.15, -0.1) is 0 Å². The number of hydrogen-bond acceptors (Lipinski definition) is 2. The van der Waals surface area contributed by atoms with Crippen LogP contribution in [0.4, 0.5) is 45.2 Å². The Kier molecular flexibility index (Phi) is 5.58. The van der Waals surface area contributed by atoms with E-state index in [0.29, 0.717) is 6.07 Å². The van der Waals surface area contributed by atoms with Crippen molar-refractivity contribution in [1.82, 2.24) is 0 Å². The minimum Gasteiger partial charge on any atom is -0.380 e. The molecule has 0 fully saturated rings. The Morgan fingerprint density at radius 3 is 2.00 bits per heavy atom. The fourth-order valence-corrected chi connectivity index (χ4v) is 2.57. The van der Waals surface area contributed by atoms with Crippen molar-refractivity contribution in [2.24, 2.45) is 10.7 Å². The Morgan fingerprint density at radius 2 is 1.58 bits per heavy atom. The number of alkyl halides is 9. The van der Waals surface area contributed by atoms with Gasteiger partial charge in [-0.3, -0.25) is 4.21 Å². The fourth-order valence-electron chi connectivity index (χ4n) is 1.43. The Bertz CT molecular complexity index is 661. The molecule has 13 heteroatoms. The van der Waals surface area contributed by atoms with Gasteiger partial charge in [-0.2, -0.15) is 39.5 Å². The second-order valence-corrected chi connectivity index (χ2v) is 5.70. The molecule has 0 aromatic heterocycles. The van der Waals surface area contributed by atoms with Gasteiger partial charge in [0.1, 0.15) is 5.75 Å². The standard InChI is InChI=1S/C11H7F9N2OS/c12-9(13,14)4-24(23)7-3-5(22-8(21)11(18,19)20)1-2-6(7)10(15,16)17/h1-3H,4H2,(H2,21,22). The molecule has 0 aliphatic rings. The molecule has 24 heavy (non-hydrogen) atoms. The minimum atomic E-state index is -5.16. The van der Waals surface area contributed by atoms with Crippen molar-refractivity contribution in [2.45, 2.75) is 23.4 Å². The van der Waals surface area contributed by atoms with Crippen molar-refractivity contribution >= 4 is 22.3 Å². The summed E-state index contributed by atoms with van der Waals surface area (Å²) in [5.74, 6) is -4.02. The van der Waals surface area contributed by atoms with Crippen LogP contribution in [0.15, 0.2) is 28.1 Å². The number of hydrogen-bond donors (Lipinski definition) is 1. The maximum absolute atomic E-state index is 12.8. The van der Waals surface area contributed by atoms with E-state index in [1.807, 2.05) is 0 Å². The quantitative estimate of drug-likeness (QED) is 0.486. The number of amidine groups is 1. The molecular formula is C11H7F9N2OS. The molecular weight excluding hydrogens is 379 g/mol. The van der Waals surface area contributed by atoms with Crippen molar-refractivity contribution in [2.75, 3.05) is 5.75 Å². The Labute approximate surface area is 130 Å². The van der Waals surface area contributed by atoms with Crippen LogP contribution in [0, 0.1) is 0 Å². The van der Waals surface area contributed by atoms with Crippen LogP contribution in [-0.4, -0.2) is 28.1 Å². The zero-order valence-electron chi connectivity index (χ0n) is 11.2. The summed E-state index contributed by atoms with van der Waals surface area (Å²) in [5, 5.41) is 0. The van der Waals surface area contributed by atoms with Gasteiger partial charge < -0.3 is 5.73 Å². The first-order valence-electron chi connectivity index (χ1n) is 5.69. The molecule has 0 heterocycles. The van der Waals surface area contributed by atoms with Gasteiger partial charge in [0.05, 0.1) is 26.9 Å². The van der Waals surface area contributed by atoms with E-state index in [0.717, 1.165) is 0 Å². The molecule has 0 radical (unpaired) electrons. The minimum absolute atomic E-state index is 0.187. The van der Waals surface area contributed by atoms with Gasteiger partial charge in [-0.05, 0) is 18.2 Å². The Balaban J connectivity index is 3.42. The van der Waals surface area contributed by atoms with Crippen molar-refractivity contribution in [3.05, 3.63) is 23.8 Å². The van der Waals surface area contributed by atoms with Crippen molar-refractivity contribution in [1.29, 1.82) is 0 Å². The van der Waals surface area contributed by atoms with E-state index in [4.69, 9.17) is 0 Å². The van der Waals surface area contributed by atoms with Gasteiger partial charge in [-0.1, -0.05) is 0 Å². The van der Waals surface area contributed by atoms with Crippen LogP contribution >= 0.6 is 0 Å². The van der Waals surface area contributed by atoms with E-state index in [1.54, 1.807) is 0 Å². The van der Waals surface area contributed by atoms with E-state index >= 15 is 0 Å². The van der Waals surface area contributed by atoms with Crippen LogP contribution in [0.1, 0.15) is 5.56 Å². The van der Waals surface area contributed by atoms with E-state index in [2.05, 4.69) is 10.7 Å². The Morgan fingerprint density at radius 1 is 1.04 bits per heavy atom. The summed E-state index contributed by atoms with van der Waals surface area (Å²) in [6, 6.07) is 0.880. The highest BCUT2D eigenvalue weighted by Gasteiger charge is 2.39. The lowest BCUT2D eigenvalue weighted by atomic mass is 10.2. The molecule has 1 rings (SSSR count). The third kappa shape index (κ3) is 5.69. The zero-order chi connectivity index (χ0) is 18.9. The van der Waals surface area contributed by atoms with Crippen LogP contribution in [-0.2, 0) is 17.0 Å². The zero-order valence-corrected chi connectivity index (χ0v) is 12.0. The molecule has 0 bridgehead atoms. The number of halogens is 9. The average Bonchev–Trinajstić information content (AvgIpc) is 2.34. The first-order chi connectivity index (χ1) is 10.6. The molecule has 1 aromatic rings. The lowest BCUT2D eigenvalue weighted by molar-refractivity contribution is -0.140. The maximum atomic E-state index is 12.8. The second kappa shape index (κ2) is 6.61. The van der Waals surface area contributed by atoms with Gasteiger partial charge in [0.25, 0.3) is 0 Å². The number of aliphatic imine (C=N–C) groups is 1. The molecule has 3 nitrogen and oxygen atoms in total. The van der Waals surface area contributed by atoms with Gasteiger partial charge in [-0.25, -0.2) is 4.99 Å². The fraction of sp³-hybridized carbons (Fsp3) is 0.364. The van der Waals surface area contributed by atoms with Crippen molar-refractivity contribution in [3.63, 3.8) is 0 Å². The summed E-state index contributed by atoms with van der Waals surface area (Å²) in [4.78, 5) is 1.44. The molecule has 2 N–H and O–H groups in total. The molecule has 0 spiro atoms. The predicted octanol–water partition coefficient (Wildman–Crippen LogP) is 3.93. The summed E-state index contributed by atoms with van der Waals surface area (Å²) in [6.45, 7) is 0. The highest BCUT2D eigenvalue weighted by molar-refractivity contribution is 7.85. The van der Waals surface area contributed by atoms with Crippen LogP contribution in [0.5, 0.6) is 0 Å². The molecule has 1 unspecified atom stereocenters. The highest BCUT2D eigenvalue weighted by Crippen LogP contribution is 2.36. The van der Waals surface area contributed by atoms with Crippen molar-refractivity contribution in [3.8, 4) is 0 Å². The van der Waals surface area contributed by atoms with Gasteiger partial charge >= 0.3 is 18.5 Å². The third-order valence-corrected chi connectivity index (χ3v) is 3.77. The largest absolute Gasteiger partial charge is 0.448 e. The molecule has 0 amide bonds.